The van der Waals surface area contributed by atoms with Crippen molar-refractivity contribution >= 4 is 11.7 Å². The molecule has 1 N–H and O–H groups in total. The maximum Gasteiger partial charge on any atom is 0.234 e. The molecule has 2 aromatic rings. The first kappa shape index (κ1) is 20.2. The Morgan fingerprint density at radius 1 is 0.857 bits per heavy atom. The van der Waals surface area contributed by atoms with Crippen LogP contribution in [-0.2, 0) is 22.6 Å². The number of rotatable bonds is 8. The van der Waals surface area contributed by atoms with Crippen molar-refractivity contribution in [3.8, 4) is 0 Å². The van der Waals surface area contributed by atoms with E-state index in [4.69, 9.17) is 0 Å². The Kier molecular flexibility index (Phi) is 7.34. The zero-order valence-corrected chi connectivity index (χ0v) is 16.5. The molecule has 0 aliphatic carbocycles. The van der Waals surface area contributed by atoms with Crippen LogP contribution in [0.15, 0.2) is 60.7 Å². The number of piperazine rings is 1. The molecule has 1 saturated heterocycles. The monoisotopic (exact) mass is 379 g/mol. The standard InChI is InChI=1S/C23H29N3O2/c1-19(27)22(16-20-8-4-2-5-9-20)24-23(28)18-26-14-12-25(13-15-26)17-21-10-6-3-7-11-21/h2-11,22H,12-18H2,1H3,(H,24,28)/t22-/m0/s1. The molecule has 1 heterocycles. The van der Waals surface area contributed by atoms with Gasteiger partial charge in [0.1, 0.15) is 0 Å². The van der Waals surface area contributed by atoms with Crippen molar-refractivity contribution in [2.24, 2.45) is 0 Å². The highest BCUT2D eigenvalue weighted by molar-refractivity contribution is 5.88. The molecule has 0 bridgehead atoms. The van der Waals surface area contributed by atoms with Gasteiger partial charge in [-0.15, -0.1) is 0 Å². The third kappa shape index (κ3) is 6.29. The topological polar surface area (TPSA) is 52.7 Å². The number of nitrogens with zero attached hydrogens (tertiary/aromatic N) is 2. The number of Topliss-reactive ketones (excluding diaryl/α,β-unsaturated/α-hetero) is 1. The maximum atomic E-state index is 12.5. The van der Waals surface area contributed by atoms with E-state index in [0.29, 0.717) is 13.0 Å². The van der Waals surface area contributed by atoms with Crippen LogP contribution in [0.3, 0.4) is 0 Å². The van der Waals surface area contributed by atoms with E-state index in [0.717, 1.165) is 38.3 Å². The van der Waals surface area contributed by atoms with Crippen LogP contribution in [0.5, 0.6) is 0 Å². The minimum Gasteiger partial charge on any atom is -0.345 e. The molecule has 3 rings (SSSR count). The number of ketones is 1. The molecule has 1 atom stereocenters. The third-order valence-corrected chi connectivity index (χ3v) is 5.19. The summed E-state index contributed by atoms with van der Waals surface area (Å²) in [5.41, 5.74) is 2.37. The summed E-state index contributed by atoms with van der Waals surface area (Å²) in [6.07, 6.45) is 0.534. The number of hydrogen-bond donors (Lipinski definition) is 1. The molecule has 0 unspecified atom stereocenters. The van der Waals surface area contributed by atoms with Crippen LogP contribution in [0.1, 0.15) is 18.1 Å². The molecule has 1 aliphatic heterocycles. The fraction of sp³-hybridized carbons (Fsp3) is 0.391. The van der Waals surface area contributed by atoms with Crippen LogP contribution in [0.4, 0.5) is 0 Å². The zero-order chi connectivity index (χ0) is 19.8. The number of hydrogen-bond acceptors (Lipinski definition) is 4. The van der Waals surface area contributed by atoms with Gasteiger partial charge in [0.25, 0.3) is 0 Å². The molecule has 1 amide bonds. The molecule has 0 aromatic heterocycles. The number of amides is 1. The lowest BCUT2D eigenvalue weighted by Gasteiger charge is -2.34. The van der Waals surface area contributed by atoms with Gasteiger partial charge in [0.2, 0.25) is 5.91 Å². The van der Waals surface area contributed by atoms with Gasteiger partial charge >= 0.3 is 0 Å². The van der Waals surface area contributed by atoms with Gasteiger partial charge in [0, 0.05) is 32.7 Å². The summed E-state index contributed by atoms with van der Waals surface area (Å²) in [4.78, 5) is 29.0. The van der Waals surface area contributed by atoms with Crippen molar-refractivity contribution in [2.75, 3.05) is 32.7 Å². The van der Waals surface area contributed by atoms with E-state index in [1.807, 2.05) is 36.4 Å². The average Bonchev–Trinajstić information content (AvgIpc) is 2.70. The number of carbonyl (C=O) groups excluding carboxylic acids is 2. The van der Waals surface area contributed by atoms with Crippen molar-refractivity contribution in [3.05, 3.63) is 71.8 Å². The zero-order valence-electron chi connectivity index (χ0n) is 16.5. The molecule has 28 heavy (non-hydrogen) atoms. The Hall–Kier alpha value is -2.50. The van der Waals surface area contributed by atoms with Gasteiger partial charge in [0.15, 0.2) is 5.78 Å². The fourth-order valence-corrected chi connectivity index (χ4v) is 3.54. The van der Waals surface area contributed by atoms with Gasteiger partial charge < -0.3 is 5.32 Å². The highest BCUT2D eigenvalue weighted by atomic mass is 16.2. The summed E-state index contributed by atoms with van der Waals surface area (Å²) < 4.78 is 0. The summed E-state index contributed by atoms with van der Waals surface area (Å²) in [6.45, 7) is 6.45. The second-order valence-electron chi connectivity index (χ2n) is 7.46. The lowest BCUT2D eigenvalue weighted by molar-refractivity contribution is -0.127. The molecule has 148 valence electrons. The van der Waals surface area contributed by atoms with Crippen molar-refractivity contribution in [1.82, 2.24) is 15.1 Å². The highest BCUT2D eigenvalue weighted by Crippen LogP contribution is 2.09. The molecular weight excluding hydrogens is 350 g/mol. The highest BCUT2D eigenvalue weighted by Gasteiger charge is 2.22. The second kappa shape index (κ2) is 10.2. The van der Waals surface area contributed by atoms with Gasteiger partial charge in [-0.2, -0.15) is 0 Å². The quantitative estimate of drug-likeness (QED) is 0.763. The van der Waals surface area contributed by atoms with Crippen LogP contribution in [0.25, 0.3) is 0 Å². The van der Waals surface area contributed by atoms with Crippen LogP contribution in [0.2, 0.25) is 0 Å². The summed E-state index contributed by atoms with van der Waals surface area (Å²) in [5, 5.41) is 2.92. The molecule has 2 aromatic carbocycles. The van der Waals surface area contributed by atoms with Gasteiger partial charge in [-0.3, -0.25) is 19.4 Å². The summed E-state index contributed by atoms with van der Waals surface area (Å²) in [6, 6.07) is 19.8. The van der Waals surface area contributed by atoms with Crippen molar-refractivity contribution in [1.29, 1.82) is 0 Å². The first-order valence-electron chi connectivity index (χ1n) is 9.92. The molecule has 5 heteroatoms. The molecule has 0 saturated carbocycles. The molecule has 0 spiro atoms. The lowest BCUT2D eigenvalue weighted by Crippen LogP contribution is -2.51. The average molecular weight is 380 g/mol. The summed E-state index contributed by atoms with van der Waals surface area (Å²) in [7, 11) is 0. The van der Waals surface area contributed by atoms with E-state index in [2.05, 4.69) is 39.4 Å². The summed E-state index contributed by atoms with van der Waals surface area (Å²) >= 11 is 0. The fourth-order valence-electron chi connectivity index (χ4n) is 3.54. The van der Waals surface area contributed by atoms with E-state index in [-0.39, 0.29) is 11.7 Å². The van der Waals surface area contributed by atoms with Crippen molar-refractivity contribution in [3.63, 3.8) is 0 Å². The smallest absolute Gasteiger partial charge is 0.234 e. The van der Waals surface area contributed by atoms with E-state index in [9.17, 15) is 9.59 Å². The predicted octanol–water partition coefficient (Wildman–Crippen LogP) is 2.12. The molecule has 1 aliphatic rings. The van der Waals surface area contributed by atoms with Crippen molar-refractivity contribution < 1.29 is 9.59 Å². The number of benzene rings is 2. The largest absolute Gasteiger partial charge is 0.345 e. The molecule has 5 nitrogen and oxygen atoms in total. The molecular formula is C23H29N3O2. The van der Waals surface area contributed by atoms with E-state index in [1.54, 1.807) is 0 Å². The van der Waals surface area contributed by atoms with E-state index in [1.165, 1.54) is 12.5 Å². The Labute approximate surface area is 167 Å². The van der Waals surface area contributed by atoms with Gasteiger partial charge in [-0.05, 0) is 24.5 Å². The SMILES string of the molecule is CC(=O)[C@H](Cc1ccccc1)NC(=O)CN1CCN(Cc2ccccc2)CC1. The Morgan fingerprint density at radius 2 is 1.39 bits per heavy atom. The first-order chi connectivity index (χ1) is 13.6. The van der Waals surface area contributed by atoms with Gasteiger partial charge in [-0.25, -0.2) is 0 Å². The van der Waals surface area contributed by atoms with Crippen LogP contribution >= 0.6 is 0 Å². The van der Waals surface area contributed by atoms with Crippen LogP contribution in [0, 0.1) is 0 Å². The van der Waals surface area contributed by atoms with Gasteiger partial charge in [0.05, 0.1) is 12.6 Å². The Bertz CT molecular complexity index is 756. The van der Waals surface area contributed by atoms with Crippen LogP contribution in [-0.4, -0.2) is 60.3 Å². The van der Waals surface area contributed by atoms with E-state index < -0.39 is 6.04 Å². The lowest BCUT2D eigenvalue weighted by atomic mass is 10.0. The minimum absolute atomic E-state index is 0.00937. The third-order valence-electron chi connectivity index (χ3n) is 5.19. The van der Waals surface area contributed by atoms with Gasteiger partial charge in [-0.1, -0.05) is 60.7 Å². The maximum absolute atomic E-state index is 12.5. The predicted molar refractivity (Wildman–Crippen MR) is 111 cm³/mol. The van der Waals surface area contributed by atoms with E-state index >= 15 is 0 Å². The first-order valence-corrected chi connectivity index (χ1v) is 9.92. The van der Waals surface area contributed by atoms with Crippen LogP contribution < -0.4 is 5.32 Å². The Morgan fingerprint density at radius 3 is 1.96 bits per heavy atom. The van der Waals surface area contributed by atoms with Crippen molar-refractivity contribution in [2.45, 2.75) is 25.9 Å². The number of carbonyl (C=O) groups is 2. The summed E-state index contributed by atoms with van der Waals surface area (Å²) in [5.74, 6) is -0.0856. The molecule has 0 radical (unpaired) electrons. The second-order valence-corrected chi connectivity index (χ2v) is 7.46. The Balaban J connectivity index is 1.43. The molecule has 1 fully saturated rings. The minimum atomic E-state index is -0.464. The number of nitrogens with one attached hydrogen (secondary N) is 1. The normalized spacial score (nSPS) is 16.5.